The molecule has 0 aliphatic heterocycles. The molecule has 0 radical (unpaired) electrons. The highest BCUT2D eigenvalue weighted by Gasteiger charge is 2.08. The fraction of sp³-hybridized carbons (Fsp3) is 0.214. The van der Waals surface area contributed by atoms with E-state index in [2.05, 4.69) is 10.6 Å². The van der Waals surface area contributed by atoms with Crippen LogP contribution in [0.4, 0.5) is 5.69 Å². The first-order valence-electron chi connectivity index (χ1n) is 6.01. The van der Waals surface area contributed by atoms with Crippen LogP contribution in [0.15, 0.2) is 34.9 Å². The number of anilines is 1. The molecule has 0 bridgehead atoms. The number of methoxy groups -OCH3 is 1. The summed E-state index contributed by atoms with van der Waals surface area (Å²) < 4.78 is 10.5. The van der Waals surface area contributed by atoms with Crippen molar-refractivity contribution in [1.29, 1.82) is 0 Å². The molecule has 0 saturated heterocycles. The van der Waals surface area contributed by atoms with Gasteiger partial charge in [-0.2, -0.15) is 0 Å². The number of rotatable bonds is 4. The van der Waals surface area contributed by atoms with E-state index in [4.69, 9.17) is 33.0 Å². The SMILES string of the molecule is COc1cc(Cl)c(C)cc1NC(=S)NCc1ccco1. The second-order valence-corrected chi connectivity index (χ2v) is 5.00. The third-order valence-electron chi connectivity index (χ3n) is 2.73. The molecule has 0 amide bonds. The highest BCUT2D eigenvalue weighted by Crippen LogP contribution is 2.30. The molecule has 0 fully saturated rings. The summed E-state index contributed by atoms with van der Waals surface area (Å²) in [7, 11) is 1.59. The van der Waals surface area contributed by atoms with Gasteiger partial charge in [0.05, 0.1) is 25.6 Å². The zero-order valence-electron chi connectivity index (χ0n) is 11.2. The van der Waals surface area contributed by atoms with Gasteiger partial charge in [0.25, 0.3) is 0 Å². The van der Waals surface area contributed by atoms with E-state index in [0.717, 1.165) is 17.0 Å². The van der Waals surface area contributed by atoms with Crippen LogP contribution in [0.3, 0.4) is 0 Å². The largest absolute Gasteiger partial charge is 0.495 e. The fourth-order valence-corrected chi connectivity index (χ4v) is 2.01. The maximum absolute atomic E-state index is 6.06. The molecule has 2 N–H and O–H groups in total. The van der Waals surface area contributed by atoms with Gasteiger partial charge in [0.15, 0.2) is 5.11 Å². The number of halogens is 1. The van der Waals surface area contributed by atoms with Gasteiger partial charge < -0.3 is 19.8 Å². The molecule has 0 unspecified atom stereocenters. The van der Waals surface area contributed by atoms with Crippen LogP contribution in [0, 0.1) is 6.92 Å². The fourth-order valence-electron chi connectivity index (χ4n) is 1.68. The summed E-state index contributed by atoms with van der Waals surface area (Å²) in [6, 6.07) is 7.36. The lowest BCUT2D eigenvalue weighted by molar-refractivity contribution is 0.417. The van der Waals surface area contributed by atoms with Crippen LogP contribution in [0.1, 0.15) is 11.3 Å². The molecule has 1 heterocycles. The molecule has 0 saturated carbocycles. The summed E-state index contributed by atoms with van der Waals surface area (Å²) in [5.41, 5.74) is 1.72. The van der Waals surface area contributed by atoms with Gasteiger partial charge in [0.1, 0.15) is 11.5 Å². The summed E-state index contributed by atoms with van der Waals surface area (Å²) in [5.74, 6) is 1.45. The number of furan rings is 1. The van der Waals surface area contributed by atoms with Crippen molar-refractivity contribution in [2.75, 3.05) is 12.4 Å². The first-order valence-corrected chi connectivity index (χ1v) is 6.80. The van der Waals surface area contributed by atoms with Gasteiger partial charge in [-0.15, -0.1) is 0 Å². The summed E-state index contributed by atoms with van der Waals surface area (Å²) in [6.45, 7) is 2.44. The first-order chi connectivity index (χ1) is 9.60. The number of hydrogen-bond donors (Lipinski definition) is 2. The Bertz CT molecular complexity index is 599. The first kappa shape index (κ1) is 14.7. The number of aryl methyl sites for hydroxylation is 1. The molecule has 2 rings (SSSR count). The van der Waals surface area contributed by atoms with E-state index < -0.39 is 0 Å². The maximum Gasteiger partial charge on any atom is 0.171 e. The zero-order valence-corrected chi connectivity index (χ0v) is 12.8. The lowest BCUT2D eigenvalue weighted by Crippen LogP contribution is -2.27. The molecule has 1 aromatic carbocycles. The molecule has 4 nitrogen and oxygen atoms in total. The third kappa shape index (κ3) is 3.65. The number of hydrogen-bond acceptors (Lipinski definition) is 3. The van der Waals surface area contributed by atoms with Crippen molar-refractivity contribution in [3.63, 3.8) is 0 Å². The molecule has 20 heavy (non-hydrogen) atoms. The van der Waals surface area contributed by atoms with Gasteiger partial charge in [-0.3, -0.25) is 0 Å². The average Bonchev–Trinajstić information content (AvgIpc) is 2.93. The van der Waals surface area contributed by atoms with Crippen LogP contribution >= 0.6 is 23.8 Å². The molecular weight excluding hydrogens is 296 g/mol. The molecule has 0 aliphatic carbocycles. The molecule has 0 spiro atoms. The van der Waals surface area contributed by atoms with E-state index in [9.17, 15) is 0 Å². The number of ether oxygens (including phenoxy) is 1. The van der Waals surface area contributed by atoms with Gasteiger partial charge in [-0.05, 0) is 42.9 Å². The normalized spacial score (nSPS) is 10.2. The summed E-state index contributed by atoms with van der Waals surface area (Å²) in [4.78, 5) is 0. The van der Waals surface area contributed by atoms with E-state index >= 15 is 0 Å². The lowest BCUT2D eigenvalue weighted by atomic mass is 10.2. The van der Waals surface area contributed by atoms with Crippen molar-refractivity contribution in [2.24, 2.45) is 0 Å². The van der Waals surface area contributed by atoms with Crippen molar-refractivity contribution < 1.29 is 9.15 Å². The smallest absolute Gasteiger partial charge is 0.171 e. The number of nitrogens with one attached hydrogen (secondary N) is 2. The zero-order chi connectivity index (χ0) is 14.5. The van der Waals surface area contributed by atoms with Crippen LogP contribution < -0.4 is 15.4 Å². The molecule has 0 atom stereocenters. The van der Waals surface area contributed by atoms with Crippen molar-refractivity contribution in [2.45, 2.75) is 13.5 Å². The quantitative estimate of drug-likeness (QED) is 0.842. The third-order valence-corrected chi connectivity index (χ3v) is 3.39. The lowest BCUT2D eigenvalue weighted by Gasteiger charge is -2.14. The predicted molar refractivity (Wildman–Crippen MR) is 84.5 cm³/mol. The highest BCUT2D eigenvalue weighted by molar-refractivity contribution is 7.80. The Balaban J connectivity index is 2.01. The monoisotopic (exact) mass is 310 g/mol. The Morgan fingerprint density at radius 3 is 2.90 bits per heavy atom. The van der Waals surface area contributed by atoms with Gasteiger partial charge in [0.2, 0.25) is 0 Å². The Labute approximate surface area is 128 Å². The van der Waals surface area contributed by atoms with Crippen LogP contribution in [-0.4, -0.2) is 12.2 Å². The predicted octanol–water partition coefficient (Wildman–Crippen LogP) is 3.74. The second-order valence-electron chi connectivity index (χ2n) is 4.19. The van der Waals surface area contributed by atoms with Crippen LogP contribution in [-0.2, 0) is 6.54 Å². The molecule has 2 aromatic rings. The van der Waals surface area contributed by atoms with Crippen molar-refractivity contribution >= 4 is 34.6 Å². The maximum atomic E-state index is 6.06. The van der Waals surface area contributed by atoms with Gasteiger partial charge in [-0.1, -0.05) is 11.6 Å². The Hall–Kier alpha value is -1.72. The Morgan fingerprint density at radius 2 is 2.25 bits per heavy atom. The van der Waals surface area contributed by atoms with E-state index in [1.807, 2.05) is 25.1 Å². The molecule has 6 heteroatoms. The summed E-state index contributed by atoms with van der Waals surface area (Å²) in [5, 5.41) is 7.29. The van der Waals surface area contributed by atoms with E-state index in [1.165, 1.54) is 0 Å². The van der Waals surface area contributed by atoms with Crippen molar-refractivity contribution in [3.05, 3.63) is 46.9 Å². The minimum Gasteiger partial charge on any atom is -0.495 e. The van der Waals surface area contributed by atoms with Crippen LogP contribution in [0.2, 0.25) is 5.02 Å². The number of thiocarbonyl (C=S) groups is 1. The van der Waals surface area contributed by atoms with Gasteiger partial charge in [0, 0.05) is 11.1 Å². The summed E-state index contributed by atoms with van der Waals surface area (Å²) >= 11 is 11.3. The highest BCUT2D eigenvalue weighted by atomic mass is 35.5. The topological polar surface area (TPSA) is 46.4 Å². The van der Waals surface area contributed by atoms with E-state index in [-0.39, 0.29) is 0 Å². The molecule has 1 aromatic heterocycles. The van der Waals surface area contributed by atoms with Crippen molar-refractivity contribution in [3.8, 4) is 5.75 Å². The van der Waals surface area contributed by atoms with E-state index in [0.29, 0.717) is 22.4 Å². The Morgan fingerprint density at radius 1 is 1.45 bits per heavy atom. The standard InChI is InChI=1S/C14H15ClN2O2S/c1-9-6-12(13(18-2)7-11(9)15)17-14(20)16-8-10-4-3-5-19-10/h3-7H,8H2,1-2H3,(H2,16,17,20). The molecule has 0 aliphatic rings. The minimum absolute atomic E-state index is 0.487. The van der Waals surface area contributed by atoms with Crippen LogP contribution in [0.5, 0.6) is 5.75 Å². The number of benzene rings is 1. The average molecular weight is 311 g/mol. The van der Waals surface area contributed by atoms with Crippen molar-refractivity contribution in [1.82, 2.24) is 5.32 Å². The molecular formula is C14H15ClN2O2S. The Kier molecular flexibility index (Phi) is 4.87. The van der Waals surface area contributed by atoms with Gasteiger partial charge >= 0.3 is 0 Å². The minimum atomic E-state index is 0.487. The van der Waals surface area contributed by atoms with Gasteiger partial charge in [-0.25, -0.2) is 0 Å². The van der Waals surface area contributed by atoms with Crippen LogP contribution in [0.25, 0.3) is 0 Å². The summed E-state index contributed by atoms with van der Waals surface area (Å²) in [6.07, 6.45) is 1.62. The second kappa shape index (κ2) is 6.63. The van der Waals surface area contributed by atoms with E-state index in [1.54, 1.807) is 19.4 Å². The molecule has 106 valence electrons.